The second kappa shape index (κ2) is 11.3. The number of pyridine rings is 1. The van der Waals surface area contributed by atoms with Crippen molar-refractivity contribution in [3.8, 4) is 11.3 Å². The van der Waals surface area contributed by atoms with Crippen molar-refractivity contribution in [1.29, 1.82) is 0 Å². The Morgan fingerprint density at radius 3 is 2.74 bits per heavy atom. The van der Waals surface area contributed by atoms with Gasteiger partial charge in [0, 0.05) is 55.5 Å². The monoisotopic (exact) mass is 606 g/mol. The first-order valence-electron chi connectivity index (χ1n) is 13.6. The lowest BCUT2D eigenvalue weighted by Gasteiger charge is -2.34. The SMILES string of the molecule is C[NH+]=C(O)c1c(-c2ccc(F)cc2)oc2cc(N(C)SC)c([C@H]3CCCN(C(=O)c4cn5c(Cl)cccc5n4)C3)cc12. The Morgan fingerprint density at radius 1 is 1.24 bits per heavy atom. The van der Waals surface area contributed by atoms with Crippen molar-refractivity contribution in [3.63, 3.8) is 0 Å². The van der Waals surface area contributed by atoms with E-state index in [1.165, 1.54) is 12.1 Å². The highest BCUT2D eigenvalue weighted by Crippen LogP contribution is 2.42. The van der Waals surface area contributed by atoms with E-state index in [0.29, 0.717) is 52.1 Å². The molecule has 2 aromatic carbocycles. The first-order valence-corrected chi connectivity index (χ1v) is 15.2. The minimum Gasteiger partial charge on any atom is -0.460 e. The third kappa shape index (κ3) is 4.98. The number of furan rings is 1. The fourth-order valence-electron chi connectivity index (χ4n) is 5.67. The van der Waals surface area contributed by atoms with Crippen molar-refractivity contribution in [2.45, 2.75) is 18.8 Å². The van der Waals surface area contributed by atoms with Crippen LogP contribution < -0.4 is 9.30 Å². The molecule has 1 aliphatic rings. The highest BCUT2D eigenvalue weighted by molar-refractivity contribution is 7.99. The zero-order valence-electron chi connectivity index (χ0n) is 23.4. The molecule has 42 heavy (non-hydrogen) atoms. The van der Waals surface area contributed by atoms with Crippen molar-refractivity contribution in [2.24, 2.45) is 0 Å². The van der Waals surface area contributed by atoms with E-state index in [-0.39, 0.29) is 23.5 Å². The highest BCUT2D eigenvalue weighted by Gasteiger charge is 2.31. The fraction of sp³-hybridized carbons (Fsp3) is 0.258. The van der Waals surface area contributed by atoms with Crippen LogP contribution in [-0.2, 0) is 0 Å². The number of halogens is 2. The fourth-order valence-corrected chi connectivity index (χ4v) is 6.23. The minimum atomic E-state index is -0.354. The molecule has 0 saturated carbocycles. The van der Waals surface area contributed by atoms with E-state index in [2.05, 4.69) is 20.3 Å². The smallest absolute Gasteiger partial charge is 0.370 e. The summed E-state index contributed by atoms with van der Waals surface area (Å²) in [7, 11) is 3.62. The number of anilines is 1. The van der Waals surface area contributed by atoms with Gasteiger partial charge in [0.05, 0.1) is 5.69 Å². The molecule has 0 aliphatic carbocycles. The van der Waals surface area contributed by atoms with Gasteiger partial charge >= 0.3 is 5.90 Å². The van der Waals surface area contributed by atoms with Crippen molar-refractivity contribution >= 4 is 57.7 Å². The van der Waals surface area contributed by atoms with Crippen LogP contribution in [0.25, 0.3) is 27.9 Å². The van der Waals surface area contributed by atoms with Crippen LogP contribution in [0.3, 0.4) is 0 Å². The number of nitrogens with one attached hydrogen (secondary N) is 1. The van der Waals surface area contributed by atoms with Crippen LogP contribution >= 0.6 is 23.5 Å². The van der Waals surface area contributed by atoms with Crippen molar-refractivity contribution in [2.75, 3.05) is 37.7 Å². The molecule has 0 spiro atoms. The van der Waals surface area contributed by atoms with E-state index in [1.54, 1.807) is 47.8 Å². The number of benzene rings is 2. The molecule has 6 rings (SSSR count). The van der Waals surface area contributed by atoms with Gasteiger partial charge in [-0.3, -0.25) is 9.20 Å². The molecular weight excluding hydrogens is 577 g/mol. The molecule has 1 aliphatic heterocycles. The summed E-state index contributed by atoms with van der Waals surface area (Å²) in [5.74, 6) is -0.0589. The number of amides is 1. The number of hydrogen-bond donors (Lipinski definition) is 2. The van der Waals surface area contributed by atoms with E-state index < -0.39 is 0 Å². The Morgan fingerprint density at radius 2 is 2.02 bits per heavy atom. The van der Waals surface area contributed by atoms with Crippen molar-refractivity contribution in [1.82, 2.24) is 14.3 Å². The molecular formula is C31H30ClFN5O3S+. The van der Waals surface area contributed by atoms with Crippen molar-refractivity contribution in [3.05, 3.63) is 88.6 Å². The Bertz CT molecular complexity index is 1830. The lowest BCUT2D eigenvalue weighted by molar-refractivity contribution is -0.429. The minimum absolute atomic E-state index is 0.0334. The molecule has 11 heteroatoms. The van der Waals surface area contributed by atoms with Crippen LogP contribution in [0.1, 0.15) is 40.4 Å². The zero-order chi connectivity index (χ0) is 29.5. The molecule has 216 valence electrons. The summed E-state index contributed by atoms with van der Waals surface area (Å²) in [6.07, 6.45) is 5.41. The Balaban J connectivity index is 1.42. The average Bonchev–Trinajstić information content (AvgIpc) is 3.62. The standard InChI is InChI=1S/C31H29ClFN5O3S/c1-34-30(39)28-22-14-21(24(36(2)42-3)15-25(22)41-29(28)18-9-11-20(33)12-10-18)19-6-5-13-37(16-19)31(40)23-17-38-26(32)7-4-8-27(38)35-23/h4,7-12,14-15,17,19H,5-6,13,16H2,1-3H3,(H,34,39)/p+1/t19-/m0/s1. The summed E-state index contributed by atoms with van der Waals surface area (Å²) in [5, 5.41) is 12.2. The van der Waals surface area contributed by atoms with Gasteiger partial charge in [0.2, 0.25) is 0 Å². The van der Waals surface area contributed by atoms with Gasteiger partial charge in [-0.2, -0.15) is 0 Å². The zero-order valence-corrected chi connectivity index (χ0v) is 25.0. The van der Waals surface area contributed by atoms with Gasteiger partial charge in [0.25, 0.3) is 5.91 Å². The number of nitrogens with zero attached hydrogens (tertiary/aromatic N) is 4. The third-order valence-corrected chi connectivity index (χ3v) is 8.89. The molecule has 1 atom stereocenters. The number of carbonyl (C=O) groups is 1. The summed E-state index contributed by atoms with van der Waals surface area (Å²) in [4.78, 5) is 22.8. The maximum atomic E-state index is 13.7. The quantitative estimate of drug-likeness (QED) is 0.118. The number of piperidine rings is 1. The summed E-state index contributed by atoms with van der Waals surface area (Å²) < 4.78 is 23.8. The van der Waals surface area contributed by atoms with E-state index in [9.17, 15) is 14.3 Å². The van der Waals surface area contributed by atoms with Gasteiger partial charge in [0.15, 0.2) is 5.76 Å². The van der Waals surface area contributed by atoms with Gasteiger partial charge in [0.1, 0.15) is 40.5 Å². The second-order valence-corrected chi connectivity index (χ2v) is 11.6. The molecule has 3 aromatic heterocycles. The average molecular weight is 607 g/mol. The number of aromatic nitrogens is 2. The van der Waals surface area contributed by atoms with E-state index in [1.807, 2.05) is 36.4 Å². The van der Waals surface area contributed by atoms with Crippen LogP contribution in [0, 0.1) is 5.82 Å². The number of aliphatic hydroxyl groups is 1. The van der Waals surface area contributed by atoms with Crippen LogP contribution in [0.15, 0.2) is 65.2 Å². The molecule has 1 saturated heterocycles. The van der Waals surface area contributed by atoms with Crippen LogP contribution in [-0.4, -0.2) is 64.6 Å². The normalized spacial score (nSPS) is 16.0. The molecule has 4 heterocycles. The Labute approximate surface area is 251 Å². The highest BCUT2D eigenvalue weighted by atomic mass is 35.5. The molecule has 1 fully saturated rings. The molecule has 2 N–H and O–H groups in total. The topological polar surface area (TPSA) is 88.2 Å². The number of fused-ring (bicyclic) bond motifs is 2. The van der Waals surface area contributed by atoms with Crippen LogP contribution in [0.4, 0.5) is 10.1 Å². The Kier molecular flexibility index (Phi) is 7.59. The predicted molar refractivity (Wildman–Crippen MR) is 165 cm³/mol. The van der Waals surface area contributed by atoms with Gasteiger partial charge in [-0.25, -0.2) is 14.4 Å². The molecule has 0 radical (unpaired) electrons. The maximum Gasteiger partial charge on any atom is 0.370 e. The van der Waals surface area contributed by atoms with Gasteiger partial charge in [-0.1, -0.05) is 29.6 Å². The lowest BCUT2D eigenvalue weighted by Crippen LogP contribution is -2.68. The number of hydrogen-bond acceptors (Lipinski definition) is 5. The van der Waals surface area contributed by atoms with E-state index >= 15 is 0 Å². The summed E-state index contributed by atoms with van der Waals surface area (Å²) in [5.41, 5.74) is 4.73. The molecule has 0 unspecified atom stereocenters. The van der Waals surface area contributed by atoms with Crippen molar-refractivity contribution < 1.29 is 23.7 Å². The van der Waals surface area contributed by atoms with Gasteiger partial charge < -0.3 is 18.7 Å². The number of likely N-dealkylation sites (tertiary alicyclic amines) is 1. The van der Waals surface area contributed by atoms with Crippen LogP contribution in [0.5, 0.6) is 0 Å². The second-order valence-electron chi connectivity index (χ2n) is 10.3. The van der Waals surface area contributed by atoms with Gasteiger partial charge in [-0.05, 0) is 60.9 Å². The van der Waals surface area contributed by atoms with Crippen LogP contribution in [0.2, 0.25) is 5.15 Å². The van der Waals surface area contributed by atoms with E-state index in [0.717, 1.165) is 29.5 Å². The summed E-state index contributed by atoms with van der Waals surface area (Å²) >= 11 is 7.88. The first-order chi connectivity index (χ1) is 20.3. The largest absolute Gasteiger partial charge is 0.460 e. The molecule has 0 bridgehead atoms. The Hall–Kier alpha value is -4.02. The predicted octanol–water partition coefficient (Wildman–Crippen LogP) is 5.29. The van der Waals surface area contributed by atoms with E-state index in [4.69, 9.17) is 16.0 Å². The molecule has 1 amide bonds. The number of imidazole rings is 1. The number of carbonyl (C=O) groups excluding carboxylic acids is 1. The third-order valence-electron chi connectivity index (χ3n) is 7.84. The first kappa shape index (κ1) is 28.1. The summed E-state index contributed by atoms with van der Waals surface area (Å²) in [6.45, 7) is 1.15. The molecule has 8 nitrogen and oxygen atoms in total. The summed E-state index contributed by atoms with van der Waals surface area (Å²) in [6, 6.07) is 15.4. The number of rotatable bonds is 6. The number of aliphatic hydroxyl groups excluding tert-OH is 1. The lowest BCUT2D eigenvalue weighted by atomic mass is 9.88. The maximum absolute atomic E-state index is 13.7. The van der Waals surface area contributed by atoms with Gasteiger partial charge in [-0.15, -0.1) is 0 Å². The molecule has 5 aromatic rings.